The molecule has 0 aliphatic carbocycles. The summed E-state index contributed by atoms with van der Waals surface area (Å²) in [4.78, 5) is 16.9. The third kappa shape index (κ3) is 4.43. The SMILES string of the molecule is CCc1ccccc1NC(=O)c1cc2ccc3c4cc(Cl)ccc4[nH]c3c2c(N=Nc2ccc(N)cc2)c1O. The van der Waals surface area contributed by atoms with Crippen LogP contribution in [0.2, 0.25) is 5.02 Å². The molecule has 0 fully saturated rings. The fourth-order valence-electron chi connectivity index (χ4n) is 4.86. The average molecular weight is 534 g/mol. The molecule has 0 saturated heterocycles. The van der Waals surface area contributed by atoms with E-state index in [0.717, 1.165) is 39.2 Å². The van der Waals surface area contributed by atoms with Crippen molar-refractivity contribution in [3.63, 3.8) is 0 Å². The summed E-state index contributed by atoms with van der Waals surface area (Å²) in [5, 5.41) is 27.1. The molecule has 0 radical (unpaired) electrons. The van der Waals surface area contributed by atoms with Gasteiger partial charge in [-0.3, -0.25) is 4.79 Å². The second kappa shape index (κ2) is 9.78. The minimum Gasteiger partial charge on any atom is -0.505 e. The number of phenols is 1. The molecule has 39 heavy (non-hydrogen) atoms. The van der Waals surface area contributed by atoms with E-state index in [1.54, 1.807) is 30.3 Å². The van der Waals surface area contributed by atoms with Crippen LogP contribution in [0, 0.1) is 0 Å². The van der Waals surface area contributed by atoms with Gasteiger partial charge in [0.25, 0.3) is 5.91 Å². The molecule has 0 aliphatic heterocycles. The molecule has 6 rings (SSSR count). The van der Waals surface area contributed by atoms with Crippen LogP contribution in [0.3, 0.4) is 0 Å². The minimum absolute atomic E-state index is 0.0955. The van der Waals surface area contributed by atoms with E-state index in [4.69, 9.17) is 17.3 Å². The number of benzene rings is 5. The maximum atomic E-state index is 13.5. The maximum absolute atomic E-state index is 13.5. The van der Waals surface area contributed by atoms with E-state index in [9.17, 15) is 9.90 Å². The van der Waals surface area contributed by atoms with Gasteiger partial charge in [0.2, 0.25) is 0 Å². The van der Waals surface area contributed by atoms with E-state index in [1.807, 2.05) is 61.5 Å². The van der Waals surface area contributed by atoms with E-state index >= 15 is 0 Å². The molecule has 0 aliphatic rings. The third-order valence-electron chi connectivity index (χ3n) is 6.83. The van der Waals surface area contributed by atoms with Crippen molar-refractivity contribution in [3.05, 3.63) is 101 Å². The molecule has 0 bridgehead atoms. The fourth-order valence-corrected chi connectivity index (χ4v) is 5.03. The van der Waals surface area contributed by atoms with Crippen molar-refractivity contribution in [1.29, 1.82) is 0 Å². The monoisotopic (exact) mass is 533 g/mol. The van der Waals surface area contributed by atoms with Crippen molar-refractivity contribution in [3.8, 4) is 5.75 Å². The highest BCUT2D eigenvalue weighted by atomic mass is 35.5. The number of azo groups is 1. The topological polar surface area (TPSA) is 116 Å². The summed E-state index contributed by atoms with van der Waals surface area (Å²) < 4.78 is 0. The number of amides is 1. The number of halogens is 1. The zero-order chi connectivity index (χ0) is 27.1. The second-order valence-electron chi connectivity index (χ2n) is 9.28. The van der Waals surface area contributed by atoms with Crippen molar-refractivity contribution < 1.29 is 9.90 Å². The number of nitrogens with one attached hydrogen (secondary N) is 2. The summed E-state index contributed by atoms with van der Waals surface area (Å²) in [5.41, 5.74) is 10.6. The van der Waals surface area contributed by atoms with Gasteiger partial charge in [-0.2, -0.15) is 5.11 Å². The van der Waals surface area contributed by atoms with Crippen molar-refractivity contribution in [2.24, 2.45) is 10.2 Å². The Morgan fingerprint density at radius 2 is 1.77 bits per heavy atom. The van der Waals surface area contributed by atoms with Crippen LogP contribution in [0.4, 0.5) is 22.7 Å². The Kier molecular flexibility index (Phi) is 6.13. The van der Waals surface area contributed by atoms with E-state index in [1.165, 1.54) is 0 Å². The summed E-state index contributed by atoms with van der Waals surface area (Å²) in [5.74, 6) is -0.708. The van der Waals surface area contributed by atoms with Crippen molar-refractivity contribution in [1.82, 2.24) is 4.98 Å². The zero-order valence-electron chi connectivity index (χ0n) is 21.0. The molecule has 1 aromatic heterocycles. The summed E-state index contributed by atoms with van der Waals surface area (Å²) in [6, 6.07) is 25.7. The van der Waals surface area contributed by atoms with Crippen molar-refractivity contribution in [2.75, 3.05) is 11.1 Å². The molecule has 1 amide bonds. The summed E-state index contributed by atoms with van der Waals surface area (Å²) in [6.07, 6.45) is 0.754. The molecule has 5 N–H and O–H groups in total. The van der Waals surface area contributed by atoms with Gasteiger partial charge in [-0.15, -0.1) is 5.11 Å². The Labute approximate surface area is 228 Å². The highest BCUT2D eigenvalue weighted by Gasteiger charge is 2.22. The first-order valence-corrected chi connectivity index (χ1v) is 12.9. The van der Waals surface area contributed by atoms with Gasteiger partial charge in [0.15, 0.2) is 5.75 Å². The number of anilines is 2. The van der Waals surface area contributed by atoms with E-state index in [2.05, 4.69) is 20.5 Å². The number of aromatic hydroxyl groups is 1. The number of aromatic amines is 1. The average Bonchev–Trinajstić information content (AvgIpc) is 3.31. The first kappa shape index (κ1) is 24.5. The van der Waals surface area contributed by atoms with Crippen LogP contribution in [-0.4, -0.2) is 16.0 Å². The standard InChI is InChI=1S/C31H24ClN5O2/c1-2-17-5-3-4-6-25(17)35-31(39)24-15-18-7-13-22-23-16-19(32)8-14-26(23)34-28(22)27(18)29(30(24)38)37-36-21-11-9-20(33)10-12-21/h3-16,34,38H,2,33H2,1H3,(H,35,39). The number of aryl methyl sites for hydroxylation is 1. The predicted octanol–water partition coefficient (Wildman–Crippen LogP) is 8.65. The van der Waals surface area contributed by atoms with Gasteiger partial charge in [0, 0.05) is 38.1 Å². The largest absolute Gasteiger partial charge is 0.505 e. The molecule has 1 heterocycles. The van der Waals surface area contributed by atoms with Crippen LogP contribution in [-0.2, 0) is 6.42 Å². The quantitative estimate of drug-likeness (QED) is 0.131. The fraction of sp³-hybridized carbons (Fsp3) is 0.0645. The maximum Gasteiger partial charge on any atom is 0.259 e. The highest BCUT2D eigenvalue weighted by molar-refractivity contribution is 6.32. The van der Waals surface area contributed by atoms with Crippen LogP contribution in [0.1, 0.15) is 22.8 Å². The number of H-pyrrole nitrogens is 1. The minimum atomic E-state index is -0.442. The lowest BCUT2D eigenvalue weighted by Gasteiger charge is -2.13. The number of carbonyl (C=O) groups excluding carboxylic acids is 1. The van der Waals surface area contributed by atoms with E-state index in [-0.39, 0.29) is 17.0 Å². The molecule has 8 heteroatoms. The summed E-state index contributed by atoms with van der Waals surface area (Å²) in [6.45, 7) is 2.02. The molecule has 0 saturated carbocycles. The highest BCUT2D eigenvalue weighted by Crippen LogP contribution is 2.44. The molecule has 0 unspecified atom stereocenters. The lowest BCUT2D eigenvalue weighted by atomic mass is 9.99. The number of phenolic OH excluding ortho intramolecular Hbond substituents is 1. The lowest BCUT2D eigenvalue weighted by molar-refractivity contribution is 0.102. The second-order valence-corrected chi connectivity index (χ2v) is 9.72. The molecular weight excluding hydrogens is 510 g/mol. The first-order valence-electron chi connectivity index (χ1n) is 12.5. The number of para-hydroxylation sites is 1. The number of aromatic nitrogens is 1. The van der Waals surface area contributed by atoms with Gasteiger partial charge in [0.1, 0.15) is 5.69 Å². The Morgan fingerprint density at radius 3 is 2.56 bits per heavy atom. The molecule has 0 spiro atoms. The third-order valence-corrected chi connectivity index (χ3v) is 7.07. The lowest BCUT2D eigenvalue weighted by Crippen LogP contribution is -2.13. The number of nitrogens with two attached hydrogens (primary N) is 1. The molecule has 6 aromatic rings. The summed E-state index contributed by atoms with van der Waals surface area (Å²) >= 11 is 6.28. The number of nitrogens with zero attached hydrogens (tertiary/aromatic N) is 2. The number of fused-ring (bicyclic) bond motifs is 5. The van der Waals surface area contributed by atoms with Crippen LogP contribution >= 0.6 is 11.6 Å². The van der Waals surface area contributed by atoms with Gasteiger partial charge in [0.05, 0.1) is 16.8 Å². The van der Waals surface area contributed by atoms with Gasteiger partial charge in [-0.05, 0) is 72.0 Å². The van der Waals surface area contributed by atoms with Crippen LogP contribution in [0.15, 0.2) is 95.2 Å². The molecule has 7 nitrogen and oxygen atoms in total. The molecular formula is C31H24ClN5O2. The van der Waals surface area contributed by atoms with Gasteiger partial charge >= 0.3 is 0 Å². The predicted molar refractivity (Wildman–Crippen MR) is 159 cm³/mol. The number of hydrogen-bond acceptors (Lipinski definition) is 5. The summed E-state index contributed by atoms with van der Waals surface area (Å²) in [7, 11) is 0. The van der Waals surface area contributed by atoms with Crippen molar-refractivity contribution >= 4 is 72.8 Å². The van der Waals surface area contributed by atoms with Crippen LogP contribution < -0.4 is 11.1 Å². The van der Waals surface area contributed by atoms with E-state index < -0.39 is 5.91 Å². The van der Waals surface area contributed by atoms with Crippen LogP contribution in [0.5, 0.6) is 5.75 Å². The Balaban J connectivity index is 1.57. The normalized spacial score (nSPS) is 11.6. The Morgan fingerprint density at radius 1 is 0.974 bits per heavy atom. The van der Waals surface area contributed by atoms with Crippen LogP contribution in [0.25, 0.3) is 32.6 Å². The van der Waals surface area contributed by atoms with Gasteiger partial charge in [-0.1, -0.05) is 48.9 Å². The number of carbonyl (C=O) groups is 1. The van der Waals surface area contributed by atoms with Gasteiger partial charge < -0.3 is 21.1 Å². The van der Waals surface area contributed by atoms with E-state index in [0.29, 0.717) is 27.5 Å². The first-order chi connectivity index (χ1) is 18.9. The molecule has 0 atom stereocenters. The Hall–Kier alpha value is -4.88. The molecule has 5 aromatic carbocycles. The number of nitrogen functional groups attached to an aromatic ring is 1. The number of rotatable bonds is 5. The Bertz CT molecular complexity index is 1930. The zero-order valence-corrected chi connectivity index (χ0v) is 21.8. The number of hydrogen-bond donors (Lipinski definition) is 4. The van der Waals surface area contributed by atoms with Crippen molar-refractivity contribution in [2.45, 2.75) is 13.3 Å². The molecule has 192 valence electrons. The smallest absolute Gasteiger partial charge is 0.259 e. The van der Waals surface area contributed by atoms with Gasteiger partial charge in [-0.25, -0.2) is 0 Å².